The highest BCUT2D eigenvalue weighted by Gasteiger charge is 2.30. The summed E-state index contributed by atoms with van der Waals surface area (Å²) in [5.41, 5.74) is 1.32. The largest absolute Gasteiger partial charge is 0.598 e. The average molecular weight is 331 g/mol. The summed E-state index contributed by atoms with van der Waals surface area (Å²) >= 11 is -1.15. The Balaban J connectivity index is 1.99. The summed E-state index contributed by atoms with van der Waals surface area (Å²) in [5.74, 6) is 0.707. The minimum Gasteiger partial charge on any atom is -0.598 e. The third-order valence-corrected chi connectivity index (χ3v) is 5.11. The minimum atomic E-state index is -1.15. The Kier molecular flexibility index (Phi) is 6.57. The van der Waals surface area contributed by atoms with Crippen LogP contribution in [0.5, 0.6) is 0 Å². The van der Waals surface area contributed by atoms with Gasteiger partial charge in [0.25, 0.3) is 0 Å². The number of hydrogen-bond acceptors (Lipinski definition) is 4. The number of aromatic nitrogens is 2. The molecule has 0 amide bonds. The van der Waals surface area contributed by atoms with Gasteiger partial charge in [0.1, 0.15) is 16.6 Å². The molecule has 0 spiro atoms. The van der Waals surface area contributed by atoms with E-state index < -0.39 is 11.4 Å². The van der Waals surface area contributed by atoms with Crippen LogP contribution in [-0.2, 0) is 17.8 Å². The van der Waals surface area contributed by atoms with E-state index in [2.05, 4.69) is 39.0 Å². The molecule has 4 nitrogen and oxygen atoms in total. The summed E-state index contributed by atoms with van der Waals surface area (Å²) in [5, 5.41) is 0. The van der Waals surface area contributed by atoms with E-state index in [-0.39, 0.29) is 10.8 Å². The fourth-order valence-electron chi connectivity index (χ4n) is 2.19. The second kappa shape index (κ2) is 8.43. The molecule has 0 fully saturated rings. The molecule has 1 aromatic heterocycles. The molecule has 2 aromatic rings. The van der Waals surface area contributed by atoms with E-state index >= 15 is 0 Å². The highest BCUT2D eigenvalue weighted by atomic mass is 32.2. The van der Waals surface area contributed by atoms with Crippen LogP contribution in [-0.4, -0.2) is 19.3 Å². The van der Waals surface area contributed by atoms with Gasteiger partial charge in [0.2, 0.25) is 0 Å². The molecule has 0 radical (unpaired) electrons. The Morgan fingerprint density at radius 1 is 1.09 bits per heavy atom. The Labute approximate surface area is 142 Å². The average Bonchev–Trinajstić information content (AvgIpc) is 2.54. The second-order valence-corrected chi connectivity index (χ2v) is 8.53. The van der Waals surface area contributed by atoms with Gasteiger partial charge >= 0.3 is 0 Å². The van der Waals surface area contributed by atoms with Crippen molar-refractivity contribution in [1.82, 2.24) is 14.7 Å². The van der Waals surface area contributed by atoms with Crippen molar-refractivity contribution in [1.29, 1.82) is 0 Å². The standard InChI is InChI=1S/C18H25N3OS/c1-18(2,3)23(22)21-16(17-19-13-8-14-20-17)12-7-11-15-9-5-4-6-10-15/h4-6,8-10,13-14,16,21H,7,11-12H2,1-3H3. The first-order valence-corrected chi connectivity index (χ1v) is 9.10. The monoisotopic (exact) mass is 331 g/mol. The fraction of sp³-hybridized carbons (Fsp3) is 0.444. The van der Waals surface area contributed by atoms with Crippen LogP contribution in [0.15, 0.2) is 48.8 Å². The maximum absolute atomic E-state index is 12.4. The molecule has 2 rings (SSSR count). The van der Waals surface area contributed by atoms with Gasteiger partial charge in [-0.3, -0.25) is 0 Å². The Hall–Kier alpha value is -1.43. The van der Waals surface area contributed by atoms with Crippen molar-refractivity contribution in [3.05, 3.63) is 60.2 Å². The van der Waals surface area contributed by atoms with Crippen molar-refractivity contribution in [2.75, 3.05) is 0 Å². The van der Waals surface area contributed by atoms with Crippen LogP contribution < -0.4 is 4.72 Å². The van der Waals surface area contributed by atoms with Gasteiger partial charge in [-0.25, -0.2) is 9.97 Å². The van der Waals surface area contributed by atoms with Gasteiger partial charge in [-0.05, 0) is 51.7 Å². The zero-order valence-corrected chi connectivity index (χ0v) is 14.8. The zero-order chi connectivity index (χ0) is 16.7. The lowest BCUT2D eigenvalue weighted by Crippen LogP contribution is -2.41. The molecule has 0 aliphatic rings. The van der Waals surface area contributed by atoms with Gasteiger partial charge in [0, 0.05) is 23.8 Å². The Morgan fingerprint density at radius 3 is 2.35 bits per heavy atom. The van der Waals surface area contributed by atoms with Crippen molar-refractivity contribution in [3.63, 3.8) is 0 Å². The van der Waals surface area contributed by atoms with Crippen molar-refractivity contribution < 1.29 is 4.55 Å². The van der Waals surface area contributed by atoms with E-state index in [0.717, 1.165) is 19.3 Å². The molecular weight excluding hydrogens is 306 g/mol. The highest BCUT2D eigenvalue weighted by molar-refractivity contribution is 7.90. The summed E-state index contributed by atoms with van der Waals surface area (Å²) in [6.45, 7) is 5.88. The lowest BCUT2D eigenvalue weighted by Gasteiger charge is -2.27. The smallest absolute Gasteiger partial charge is 0.149 e. The van der Waals surface area contributed by atoms with Gasteiger partial charge in [-0.15, -0.1) is 4.72 Å². The lowest BCUT2D eigenvalue weighted by atomic mass is 10.0. The fourth-order valence-corrected chi connectivity index (χ4v) is 3.03. The third kappa shape index (κ3) is 5.94. The second-order valence-electron chi connectivity index (χ2n) is 6.54. The van der Waals surface area contributed by atoms with Gasteiger partial charge in [0.05, 0.1) is 0 Å². The van der Waals surface area contributed by atoms with Crippen LogP contribution in [0.1, 0.15) is 51.0 Å². The molecule has 0 aliphatic carbocycles. The van der Waals surface area contributed by atoms with Crippen molar-refractivity contribution in [2.45, 2.75) is 50.8 Å². The van der Waals surface area contributed by atoms with Crippen LogP contribution in [0.3, 0.4) is 0 Å². The molecule has 1 aromatic carbocycles. The number of nitrogens with zero attached hydrogens (tertiary/aromatic N) is 2. The molecule has 0 bridgehead atoms. The first-order valence-electron chi connectivity index (χ1n) is 7.96. The van der Waals surface area contributed by atoms with E-state index in [1.165, 1.54) is 5.56 Å². The zero-order valence-electron chi connectivity index (χ0n) is 14.0. The Bertz CT molecular complexity index is 572. The normalized spacial score (nSPS) is 14.4. The molecule has 2 unspecified atom stereocenters. The highest BCUT2D eigenvalue weighted by Crippen LogP contribution is 2.22. The summed E-state index contributed by atoms with van der Waals surface area (Å²) in [6, 6.07) is 12.1. The van der Waals surface area contributed by atoms with E-state index in [0.29, 0.717) is 5.82 Å². The Morgan fingerprint density at radius 2 is 1.74 bits per heavy atom. The van der Waals surface area contributed by atoms with Crippen molar-refractivity contribution >= 4 is 11.4 Å². The minimum absolute atomic E-state index is 0.0972. The molecule has 5 heteroatoms. The molecule has 2 atom stereocenters. The lowest BCUT2D eigenvalue weighted by molar-refractivity contribution is 0.492. The van der Waals surface area contributed by atoms with Gasteiger partial charge in [0.15, 0.2) is 0 Å². The summed E-state index contributed by atoms with van der Waals surface area (Å²) in [6.07, 6.45) is 6.29. The quantitative estimate of drug-likeness (QED) is 0.788. The van der Waals surface area contributed by atoms with E-state index in [9.17, 15) is 4.55 Å². The topological polar surface area (TPSA) is 60.9 Å². The van der Waals surface area contributed by atoms with Crippen LogP contribution in [0.4, 0.5) is 0 Å². The predicted octanol–water partition coefficient (Wildman–Crippen LogP) is 3.59. The number of benzene rings is 1. The molecular formula is C18H25N3OS. The number of hydrogen-bond donors (Lipinski definition) is 1. The predicted molar refractivity (Wildman–Crippen MR) is 95.2 cm³/mol. The summed E-state index contributed by atoms with van der Waals surface area (Å²) < 4.78 is 15.3. The van der Waals surface area contributed by atoms with Crippen molar-refractivity contribution in [3.8, 4) is 0 Å². The molecule has 1 heterocycles. The third-order valence-electron chi connectivity index (χ3n) is 3.50. The van der Waals surface area contributed by atoms with E-state index in [4.69, 9.17) is 0 Å². The number of nitrogens with one attached hydrogen (secondary N) is 1. The van der Waals surface area contributed by atoms with Crippen LogP contribution in [0.2, 0.25) is 0 Å². The van der Waals surface area contributed by atoms with E-state index in [1.807, 2.05) is 26.8 Å². The van der Waals surface area contributed by atoms with Crippen LogP contribution in [0.25, 0.3) is 0 Å². The maximum Gasteiger partial charge on any atom is 0.149 e. The van der Waals surface area contributed by atoms with E-state index in [1.54, 1.807) is 18.5 Å². The van der Waals surface area contributed by atoms with Gasteiger partial charge < -0.3 is 4.55 Å². The molecule has 124 valence electrons. The molecule has 0 saturated heterocycles. The molecule has 0 aliphatic heterocycles. The first-order chi connectivity index (χ1) is 11.0. The van der Waals surface area contributed by atoms with Gasteiger partial charge in [-0.1, -0.05) is 30.3 Å². The maximum atomic E-state index is 12.4. The summed E-state index contributed by atoms with van der Waals surface area (Å²) in [7, 11) is 0. The first kappa shape index (κ1) is 17.9. The van der Waals surface area contributed by atoms with Crippen LogP contribution in [0, 0.1) is 0 Å². The number of rotatable bonds is 7. The van der Waals surface area contributed by atoms with Gasteiger partial charge in [-0.2, -0.15) is 0 Å². The molecule has 1 N–H and O–H groups in total. The molecule has 23 heavy (non-hydrogen) atoms. The van der Waals surface area contributed by atoms with Crippen molar-refractivity contribution in [2.24, 2.45) is 0 Å². The van der Waals surface area contributed by atoms with Crippen LogP contribution >= 0.6 is 0 Å². The molecule has 0 saturated carbocycles. The summed E-state index contributed by atoms with van der Waals surface area (Å²) in [4.78, 5) is 8.66. The SMILES string of the molecule is CC(C)(C)[S+]([O-])NC(CCCc1ccccc1)c1ncccn1. The number of aryl methyl sites for hydroxylation is 1.